The maximum Gasteiger partial charge on any atom is 0.234 e. The van der Waals surface area contributed by atoms with Gasteiger partial charge in [0.2, 0.25) is 5.91 Å². The number of nitrogens with one attached hydrogen (secondary N) is 1. The minimum atomic E-state index is -0.987. The summed E-state index contributed by atoms with van der Waals surface area (Å²) in [5.74, 6) is -0.308. The molecule has 0 saturated carbocycles. The molecule has 1 aliphatic rings. The number of hydrogen-bond acceptors (Lipinski definition) is 6. The van der Waals surface area contributed by atoms with Crippen molar-refractivity contribution in [3.05, 3.63) is 16.1 Å². The lowest BCUT2D eigenvalue weighted by Gasteiger charge is -2.34. The first-order valence-corrected chi connectivity index (χ1v) is 7.15. The summed E-state index contributed by atoms with van der Waals surface area (Å²) in [5, 5.41) is 15.6. The molecule has 2 rings (SSSR count). The largest absolute Gasteiger partial charge is 0.409 e. The lowest BCUT2D eigenvalue weighted by atomic mass is 9.78. The van der Waals surface area contributed by atoms with Gasteiger partial charge in [0.25, 0.3) is 0 Å². The normalized spacial score (nSPS) is 18.8. The molecule has 7 nitrogen and oxygen atoms in total. The zero-order chi connectivity index (χ0) is 14.6. The number of amides is 1. The van der Waals surface area contributed by atoms with E-state index in [0.29, 0.717) is 32.6 Å². The van der Waals surface area contributed by atoms with E-state index < -0.39 is 5.41 Å². The molecule has 0 bridgehead atoms. The van der Waals surface area contributed by atoms with Crippen LogP contribution in [-0.4, -0.2) is 35.1 Å². The molecule has 0 aliphatic carbocycles. The van der Waals surface area contributed by atoms with Crippen molar-refractivity contribution in [3.8, 4) is 0 Å². The fourth-order valence-electron chi connectivity index (χ4n) is 2.22. The van der Waals surface area contributed by atoms with Crippen LogP contribution in [0.5, 0.6) is 0 Å². The number of rotatable bonds is 4. The number of nitrogens with zero attached hydrogens (tertiary/aromatic N) is 2. The van der Waals surface area contributed by atoms with E-state index in [-0.39, 0.29) is 11.7 Å². The Morgan fingerprint density at radius 1 is 1.65 bits per heavy atom. The van der Waals surface area contributed by atoms with E-state index in [4.69, 9.17) is 15.7 Å². The van der Waals surface area contributed by atoms with E-state index in [0.717, 1.165) is 9.88 Å². The van der Waals surface area contributed by atoms with Gasteiger partial charge in [0.1, 0.15) is 10.4 Å². The van der Waals surface area contributed by atoms with E-state index in [1.807, 2.05) is 6.92 Å². The van der Waals surface area contributed by atoms with E-state index in [1.54, 1.807) is 6.20 Å². The molecular weight excluding hydrogens is 280 g/mol. The molecule has 2 heterocycles. The number of aromatic nitrogens is 1. The Balaban J connectivity index is 2.07. The number of thiazole rings is 1. The minimum Gasteiger partial charge on any atom is -0.409 e. The first-order valence-electron chi connectivity index (χ1n) is 6.34. The zero-order valence-corrected chi connectivity index (χ0v) is 12.1. The third-order valence-corrected chi connectivity index (χ3v) is 4.36. The highest BCUT2D eigenvalue weighted by Gasteiger charge is 2.44. The lowest BCUT2D eigenvalue weighted by Crippen LogP contribution is -2.52. The van der Waals surface area contributed by atoms with Crippen molar-refractivity contribution in [1.82, 2.24) is 10.3 Å². The second-order valence-electron chi connectivity index (χ2n) is 4.73. The third kappa shape index (κ3) is 2.91. The van der Waals surface area contributed by atoms with Crippen LogP contribution in [0.4, 0.5) is 0 Å². The highest BCUT2D eigenvalue weighted by Crippen LogP contribution is 2.31. The predicted octanol–water partition coefficient (Wildman–Crippen LogP) is 0.611. The van der Waals surface area contributed by atoms with Gasteiger partial charge in [0.05, 0.1) is 6.54 Å². The number of carbonyl (C=O) groups is 1. The molecule has 0 spiro atoms. The standard InChI is InChI=1S/C12H18N4O3S/c1-8-6-14-9(20-8)7-15-11(17)12(10(13)16-18)2-4-19-5-3-12/h6,18H,2-5,7H2,1H3,(H2,13,16)(H,15,17). The Kier molecular flexibility index (Phi) is 4.56. The molecule has 0 atom stereocenters. The topological polar surface area (TPSA) is 110 Å². The average Bonchev–Trinajstić information content (AvgIpc) is 2.90. The molecule has 0 radical (unpaired) electrons. The van der Waals surface area contributed by atoms with Crippen LogP contribution in [0.3, 0.4) is 0 Å². The van der Waals surface area contributed by atoms with Crippen molar-refractivity contribution >= 4 is 23.1 Å². The van der Waals surface area contributed by atoms with Crippen molar-refractivity contribution in [3.63, 3.8) is 0 Å². The minimum absolute atomic E-state index is 0.0615. The molecule has 20 heavy (non-hydrogen) atoms. The van der Waals surface area contributed by atoms with Gasteiger partial charge in [-0.15, -0.1) is 11.3 Å². The quantitative estimate of drug-likeness (QED) is 0.326. The molecule has 1 aliphatic heterocycles. The summed E-state index contributed by atoms with van der Waals surface area (Å²) in [5.41, 5.74) is 4.74. The van der Waals surface area contributed by atoms with Gasteiger partial charge in [-0.3, -0.25) is 4.79 Å². The number of oxime groups is 1. The summed E-state index contributed by atoms with van der Waals surface area (Å²) in [6, 6.07) is 0. The van der Waals surface area contributed by atoms with Crippen LogP contribution < -0.4 is 11.1 Å². The highest BCUT2D eigenvalue weighted by molar-refractivity contribution is 7.11. The molecular formula is C12H18N4O3S. The van der Waals surface area contributed by atoms with Crippen LogP contribution >= 0.6 is 11.3 Å². The van der Waals surface area contributed by atoms with Crippen LogP contribution in [0.25, 0.3) is 0 Å². The van der Waals surface area contributed by atoms with Crippen LogP contribution in [0.1, 0.15) is 22.7 Å². The second kappa shape index (κ2) is 6.19. The number of carbonyl (C=O) groups excluding carboxylic acids is 1. The van der Waals surface area contributed by atoms with Gasteiger partial charge in [-0.25, -0.2) is 4.98 Å². The maximum atomic E-state index is 12.4. The van der Waals surface area contributed by atoms with Gasteiger partial charge in [-0.05, 0) is 19.8 Å². The molecule has 1 saturated heterocycles. The molecule has 1 aromatic rings. The Hall–Kier alpha value is -1.67. The van der Waals surface area contributed by atoms with E-state index in [9.17, 15) is 4.79 Å². The number of ether oxygens (including phenoxy) is 1. The fraction of sp³-hybridized carbons (Fsp3) is 0.583. The summed E-state index contributed by atoms with van der Waals surface area (Å²) in [7, 11) is 0. The Labute approximate surface area is 120 Å². The molecule has 1 fully saturated rings. The number of amidine groups is 1. The van der Waals surface area contributed by atoms with Crippen molar-refractivity contribution in [2.45, 2.75) is 26.3 Å². The molecule has 4 N–H and O–H groups in total. The molecule has 110 valence electrons. The molecule has 0 aromatic carbocycles. The summed E-state index contributed by atoms with van der Waals surface area (Å²) >= 11 is 1.53. The Bertz CT molecular complexity index is 509. The monoisotopic (exact) mass is 298 g/mol. The van der Waals surface area contributed by atoms with Gasteiger partial charge in [-0.1, -0.05) is 5.16 Å². The van der Waals surface area contributed by atoms with Crippen LogP contribution in [-0.2, 0) is 16.1 Å². The number of hydrogen-bond donors (Lipinski definition) is 3. The molecule has 1 aromatic heterocycles. The molecule has 8 heteroatoms. The summed E-state index contributed by atoms with van der Waals surface area (Å²) in [4.78, 5) is 17.7. The van der Waals surface area contributed by atoms with Gasteiger partial charge in [0.15, 0.2) is 5.84 Å². The first-order chi connectivity index (χ1) is 9.58. The SMILES string of the molecule is Cc1cnc(CNC(=O)C2(C(N)=NO)CCOCC2)s1. The van der Waals surface area contributed by atoms with Crippen molar-refractivity contribution in [1.29, 1.82) is 0 Å². The zero-order valence-electron chi connectivity index (χ0n) is 11.3. The lowest BCUT2D eigenvalue weighted by molar-refractivity contribution is -0.131. The van der Waals surface area contributed by atoms with Crippen molar-refractivity contribution in [2.24, 2.45) is 16.3 Å². The van der Waals surface area contributed by atoms with Crippen LogP contribution in [0.2, 0.25) is 0 Å². The maximum absolute atomic E-state index is 12.4. The summed E-state index contributed by atoms with van der Waals surface area (Å²) in [6.07, 6.45) is 2.58. The smallest absolute Gasteiger partial charge is 0.234 e. The van der Waals surface area contributed by atoms with Crippen molar-refractivity contribution in [2.75, 3.05) is 13.2 Å². The summed E-state index contributed by atoms with van der Waals surface area (Å²) in [6.45, 7) is 3.14. The molecule has 0 unspecified atom stereocenters. The number of nitrogens with two attached hydrogens (primary N) is 1. The van der Waals surface area contributed by atoms with Gasteiger partial charge in [-0.2, -0.15) is 0 Å². The molecule has 1 amide bonds. The first kappa shape index (κ1) is 14.7. The van der Waals surface area contributed by atoms with E-state index >= 15 is 0 Å². The Morgan fingerprint density at radius 2 is 2.35 bits per heavy atom. The summed E-state index contributed by atoms with van der Waals surface area (Å²) < 4.78 is 5.25. The van der Waals surface area contributed by atoms with Gasteiger partial charge >= 0.3 is 0 Å². The fourth-order valence-corrected chi connectivity index (χ4v) is 2.95. The van der Waals surface area contributed by atoms with Gasteiger partial charge < -0.3 is 21.0 Å². The Morgan fingerprint density at radius 3 is 2.90 bits per heavy atom. The van der Waals surface area contributed by atoms with Crippen molar-refractivity contribution < 1.29 is 14.7 Å². The van der Waals surface area contributed by atoms with E-state index in [2.05, 4.69) is 15.5 Å². The van der Waals surface area contributed by atoms with Gasteiger partial charge in [0, 0.05) is 24.3 Å². The third-order valence-electron chi connectivity index (χ3n) is 3.45. The second-order valence-corrected chi connectivity index (χ2v) is 6.05. The van der Waals surface area contributed by atoms with E-state index in [1.165, 1.54) is 11.3 Å². The highest BCUT2D eigenvalue weighted by atomic mass is 32.1. The average molecular weight is 298 g/mol. The number of aryl methyl sites for hydroxylation is 1. The van der Waals surface area contributed by atoms with Crippen LogP contribution in [0, 0.1) is 12.3 Å². The van der Waals surface area contributed by atoms with Crippen LogP contribution in [0.15, 0.2) is 11.4 Å². The predicted molar refractivity (Wildman–Crippen MR) is 74.6 cm³/mol.